The third-order valence-electron chi connectivity index (χ3n) is 4.77. The van der Waals surface area contributed by atoms with E-state index >= 15 is 0 Å². The van der Waals surface area contributed by atoms with Crippen LogP contribution in [0, 0.1) is 6.92 Å². The minimum Gasteiger partial charge on any atom is -0.480 e. The number of ether oxygens (including phenoxy) is 1. The molecule has 0 saturated heterocycles. The van der Waals surface area contributed by atoms with Gasteiger partial charge in [0.05, 0.1) is 29.7 Å². The summed E-state index contributed by atoms with van der Waals surface area (Å²) < 4.78 is 39.2. The number of carbonyl (C=O) groups excluding carboxylic acids is 1. The Morgan fingerprint density at radius 3 is 2.59 bits per heavy atom. The third-order valence-corrected chi connectivity index (χ3v) is 6.43. The van der Waals surface area contributed by atoms with Crippen molar-refractivity contribution < 1.29 is 22.4 Å². The lowest BCUT2D eigenvalue weighted by atomic mass is 10.2. The van der Waals surface area contributed by atoms with Gasteiger partial charge < -0.3 is 14.5 Å². The van der Waals surface area contributed by atoms with Crippen LogP contribution in [0.4, 0.5) is 11.4 Å². The summed E-state index contributed by atoms with van der Waals surface area (Å²) in [4.78, 5) is 20.6. The highest BCUT2D eigenvalue weighted by atomic mass is 35.5. The van der Waals surface area contributed by atoms with E-state index in [-0.39, 0.29) is 38.8 Å². The number of hydrogen-bond acceptors (Lipinski definition) is 7. The van der Waals surface area contributed by atoms with Crippen LogP contribution in [0.15, 0.2) is 76.4 Å². The van der Waals surface area contributed by atoms with Gasteiger partial charge in [0.2, 0.25) is 11.8 Å². The molecule has 0 radical (unpaired) electrons. The molecule has 4 aromatic rings. The average Bonchev–Trinajstić information content (AvgIpc) is 3.33. The first-order valence-corrected chi connectivity index (χ1v) is 11.8. The highest BCUT2D eigenvalue weighted by Gasteiger charge is 2.24. The van der Waals surface area contributed by atoms with E-state index in [2.05, 4.69) is 20.0 Å². The van der Waals surface area contributed by atoms with E-state index in [4.69, 9.17) is 20.8 Å². The van der Waals surface area contributed by atoms with Crippen LogP contribution in [0.5, 0.6) is 5.88 Å². The van der Waals surface area contributed by atoms with E-state index < -0.39 is 15.9 Å². The number of para-hydroxylation sites is 1. The maximum atomic E-state index is 13.1. The summed E-state index contributed by atoms with van der Waals surface area (Å²) in [5, 5.41) is 2.81. The Labute approximate surface area is 200 Å². The van der Waals surface area contributed by atoms with Crippen molar-refractivity contribution in [1.82, 2.24) is 9.97 Å². The summed E-state index contributed by atoms with van der Waals surface area (Å²) in [6.45, 7) is 1.72. The fourth-order valence-corrected chi connectivity index (χ4v) is 4.71. The minimum atomic E-state index is -4.16. The van der Waals surface area contributed by atoms with E-state index in [1.165, 1.54) is 25.6 Å². The predicted octanol–water partition coefficient (Wildman–Crippen LogP) is 4.76. The number of nitrogens with zero attached hydrogens (tertiary/aromatic N) is 2. The summed E-state index contributed by atoms with van der Waals surface area (Å²) >= 11 is 6.16. The number of nitrogens with one attached hydrogen (secondary N) is 2. The molecule has 0 fully saturated rings. The second kappa shape index (κ2) is 9.54. The van der Waals surface area contributed by atoms with E-state index in [1.807, 2.05) is 18.2 Å². The van der Waals surface area contributed by atoms with Gasteiger partial charge in [0.25, 0.3) is 15.9 Å². The molecule has 2 N–H and O–H groups in total. The number of halogens is 1. The zero-order chi connectivity index (χ0) is 24.3. The van der Waals surface area contributed by atoms with E-state index in [9.17, 15) is 13.2 Å². The van der Waals surface area contributed by atoms with Crippen LogP contribution >= 0.6 is 11.6 Å². The second-order valence-electron chi connectivity index (χ2n) is 7.13. The van der Waals surface area contributed by atoms with Gasteiger partial charge in [0, 0.05) is 5.56 Å². The molecule has 1 amide bonds. The topological polar surface area (TPSA) is 123 Å². The highest BCUT2D eigenvalue weighted by molar-refractivity contribution is 7.92. The first-order chi connectivity index (χ1) is 16.3. The first-order valence-electron chi connectivity index (χ1n) is 9.93. The van der Waals surface area contributed by atoms with Gasteiger partial charge >= 0.3 is 0 Å². The molecule has 0 aliphatic heterocycles. The number of rotatable bonds is 7. The Morgan fingerprint density at radius 2 is 1.88 bits per heavy atom. The molecule has 2 heterocycles. The molecule has 0 atom stereocenters. The molecule has 9 nitrogen and oxygen atoms in total. The Balaban J connectivity index is 1.60. The summed E-state index contributed by atoms with van der Waals surface area (Å²) in [6.07, 6.45) is 2.49. The number of aryl methyl sites for hydroxylation is 1. The largest absolute Gasteiger partial charge is 0.480 e. The first kappa shape index (κ1) is 23.3. The fourth-order valence-electron chi connectivity index (χ4n) is 3.08. The van der Waals surface area contributed by atoms with Crippen LogP contribution in [-0.4, -0.2) is 31.4 Å². The van der Waals surface area contributed by atoms with Gasteiger partial charge in [-0.05, 0) is 36.8 Å². The van der Waals surface area contributed by atoms with Gasteiger partial charge in [-0.25, -0.2) is 18.4 Å². The van der Waals surface area contributed by atoms with Gasteiger partial charge in [0.15, 0.2) is 10.6 Å². The average molecular weight is 499 g/mol. The molecule has 2 aromatic carbocycles. The third kappa shape index (κ3) is 4.87. The number of pyridine rings is 1. The van der Waals surface area contributed by atoms with Crippen LogP contribution in [0.2, 0.25) is 5.02 Å². The second-order valence-corrected chi connectivity index (χ2v) is 9.18. The van der Waals surface area contributed by atoms with E-state index in [1.54, 1.807) is 37.3 Å². The fraction of sp³-hybridized carbons (Fsp3) is 0.0870. The molecule has 0 saturated carbocycles. The van der Waals surface area contributed by atoms with Gasteiger partial charge in [-0.3, -0.25) is 9.52 Å². The molecule has 0 bridgehead atoms. The SMILES string of the molecule is COc1ncc(NC(=O)c2coc(-c3ccccc3)n2)cc1S(=O)(=O)Nc1c(C)cccc1Cl. The van der Waals surface area contributed by atoms with Gasteiger partial charge in [-0.15, -0.1) is 0 Å². The summed E-state index contributed by atoms with van der Waals surface area (Å²) in [5.41, 5.74) is 1.71. The quantitative estimate of drug-likeness (QED) is 0.376. The maximum Gasteiger partial charge on any atom is 0.277 e. The van der Waals surface area contributed by atoms with Crippen LogP contribution in [0.25, 0.3) is 11.5 Å². The summed E-state index contributed by atoms with van der Waals surface area (Å²) in [7, 11) is -2.87. The van der Waals surface area contributed by atoms with Crippen molar-refractivity contribution in [3.63, 3.8) is 0 Å². The van der Waals surface area contributed by atoms with Crippen molar-refractivity contribution in [3.8, 4) is 17.3 Å². The normalized spacial score (nSPS) is 11.1. The van der Waals surface area contributed by atoms with Crippen molar-refractivity contribution in [2.45, 2.75) is 11.8 Å². The number of methoxy groups -OCH3 is 1. The molecule has 11 heteroatoms. The Hall–Kier alpha value is -3.89. The van der Waals surface area contributed by atoms with E-state index in [0.29, 0.717) is 11.1 Å². The zero-order valence-corrected chi connectivity index (χ0v) is 19.6. The summed E-state index contributed by atoms with van der Waals surface area (Å²) in [6, 6.07) is 15.3. The van der Waals surface area contributed by atoms with Crippen molar-refractivity contribution in [2.24, 2.45) is 0 Å². The van der Waals surface area contributed by atoms with Crippen LogP contribution < -0.4 is 14.8 Å². The molecule has 0 spiro atoms. The molecular formula is C23H19ClN4O5S. The monoisotopic (exact) mass is 498 g/mol. The van der Waals surface area contributed by atoms with Crippen LogP contribution in [0.3, 0.4) is 0 Å². The van der Waals surface area contributed by atoms with Crippen LogP contribution in [0.1, 0.15) is 16.1 Å². The number of oxazole rings is 1. The molecule has 174 valence electrons. The number of anilines is 2. The number of sulfonamides is 1. The van der Waals surface area contributed by atoms with Gasteiger partial charge in [-0.1, -0.05) is 41.9 Å². The zero-order valence-electron chi connectivity index (χ0n) is 18.1. The molecule has 34 heavy (non-hydrogen) atoms. The maximum absolute atomic E-state index is 13.1. The van der Waals surface area contributed by atoms with Crippen molar-refractivity contribution >= 4 is 38.9 Å². The standard InChI is InChI=1S/C23H19ClN4O5S/c1-14-7-6-10-17(24)20(14)28-34(30,31)19-11-16(12-25-23(19)32-2)26-21(29)18-13-33-22(27-18)15-8-4-3-5-9-15/h3-13,28H,1-2H3,(H,26,29). The van der Waals surface area contributed by atoms with Crippen LogP contribution in [-0.2, 0) is 10.0 Å². The predicted molar refractivity (Wildman–Crippen MR) is 128 cm³/mol. The lowest BCUT2D eigenvalue weighted by Gasteiger charge is -2.14. The molecular weight excluding hydrogens is 480 g/mol. The van der Waals surface area contributed by atoms with Crippen molar-refractivity contribution in [2.75, 3.05) is 17.1 Å². The number of carbonyl (C=O) groups is 1. The summed E-state index contributed by atoms with van der Waals surface area (Å²) in [5.74, 6) is -0.472. The number of benzene rings is 2. The molecule has 2 aromatic heterocycles. The lowest BCUT2D eigenvalue weighted by Crippen LogP contribution is -2.17. The molecule has 0 unspecified atom stereocenters. The van der Waals surface area contributed by atoms with Gasteiger partial charge in [0.1, 0.15) is 6.26 Å². The molecule has 0 aliphatic carbocycles. The Kier molecular flexibility index (Phi) is 6.53. The highest BCUT2D eigenvalue weighted by Crippen LogP contribution is 2.31. The van der Waals surface area contributed by atoms with Crippen molar-refractivity contribution in [1.29, 1.82) is 0 Å². The Bertz CT molecular complexity index is 1440. The smallest absolute Gasteiger partial charge is 0.277 e. The number of amides is 1. The molecule has 0 aliphatic rings. The minimum absolute atomic E-state index is 0.0175. The lowest BCUT2D eigenvalue weighted by molar-refractivity contribution is 0.102. The molecule has 4 rings (SSSR count). The van der Waals surface area contributed by atoms with Crippen molar-refractivity contribution in [3.05, 3.63) is 83.3 Å². The van der Waals surface area contributed by atoms with E-state index in [0.717, 1.165) is 0 Å². The number of hydrogen-bond donors (Lipinski definition) is 2. The Morgan fingerprint density at radius 1 is 1.12 bits per heavy atom. The van der Waals surface area contributed by atoms with Gasteiger partial charge in [-0.2, -0.15) is 0 Å². The number of aromatic nitrogens is 2.